The van der Waals surface area contributed by atoms with Crippen LogP contribution >= 0.6 is 0 Å². The molecule has 0 aliphatic heterocycles. The van der Waals surface area contributed by atoms with Crippen molar-refractivity contribution in [2.45, 2.75) is 6.42 Å². The zero-order chi connectivity index (χ0) is 12.8. The number of hydrogen-bond acceptors (Lipinski definition) is 5. The van der Waals surface area contributed by atoms with E-state index in [0.717, 1.165) is 0 Å². The van der Waals surface area contributed by atoms with Crippen LogP contribution in [-0.2, 0) is 0 Å². The number of nitrogen functional groups attached to an aromatic ring is 1. The van der Waals surface area contributed by atoms with Crippen LogP contribution in [-0.4, -0.2) is 23.9 Å². The third-order valence-electron chi connectivity index (χ3n) is 2.19. The van der Waals surface area contributed by atoms with Gasteiger partial charge < -0.3 is 16.8 Å². The smallest absolute Gasteiger partial charge is 0.292 e. The summed E-state index contributed by atoms with van der Waals surface area (Å²) in [7, 11) is 0. The minimum absolute atomic E-state index is 0.108. The van der Waals surface area contributed by atoms with Gasteiger partial charge in [0.05, 0.1) is 10.5 Å². The number of anilines is 1. The first-order chi connectivity index (χ1) is 8.07. The van der Waals surface area contributed by atoms with Crippen molar-refractivity contribution >= 4 is 17.3 Å². The topological polar surface area (TPSA) is 124 Å². The van der Waals surface area contributed by atoms with Crippen LogP contribution in [0.15, 0.2) is 18.2 Å². The molecule has 0 aromatic heterocycles. The molecule has 1 aromatic rings. The van der Waals surface area contributed by atoms with Gasteiger partial charge in [-0.15, -0.1) is 0 Å². The number of nitrogens with two attached hydrogens (primary N) is 2. The number of nitro benzene ring substituents is 1. The number of hydrogen-bond donors (Lipinski definition) is 3. The van der Waals surface area contributed by atoms with E-state index in [1.54, 1.807) is 0 Å². The lowest BCUT2D eigenvalue weighted by Crippen LogP contribution is -2.26. The lowest BCUT2D eigenvalue weighted by Gasteiger charge is -2.06. The van der Waals surface area contributed by atoms with Crippen molar-refractivity contribution in [3.05, 3.63) is 33.9 Å². The molecule has 0 spiro atoms. The molecule has 1 amide bonds. The number of amides is 1. The van der Waals surface area contributed by atoms with Crippen LogP contribution in [0.25, 0.3) is 0 Å². The average Bonchev–Trinajstić information content (AvgIpc) is 2.29. The van der Waals surface area contributed by atoms with Crippen LogP contribution in [0.4, 0.5) is 11.4 Å². The van der Waals surface area contributed by atoms with E-state index in [9.17, 15) is 14.9 Å². The lowest BCUT2D eigenvalue weighted by atomic mass is 10.1. The SMILES string of the molecule is NCCCNC(=O)c1cccc([N+](=O)[O-])c1N. The fourth-order valence-corrected chi connectivity index (χ4v) is 1.31. The zero-order valence-electron chi connectivity index (χ0n) is 9.18. The van der Waals surface area contributed by atoms with E-state index in [1.807, 2.05) is 0 Å². The van der Waals surface area contributed by atoms with Gasteiger partial charge >= 0.3 is 0 Å². The highest BCUT2D eigenvalue weighted by molar-refractivity contribution is 6.00. The van der Waals surface area contributed by atoms with Crippen molar-refractivity contribution in [3.8, 4) is 0 Å². The van der Waals surface area contributed by atoms with Crippen molar-refractivity contribution < 1.29 is 9.72 Å². The molecule has 1 rings (SSSR count). The van der Waals surface area contributed by atoms with Gasteiger partial charge in [0, 0.05) is 12.6 Å². The van der Waals surface area contributed by atoms with Crippen molar-refractivity contribution in [1.82, 2.24) is 5.32 Å². The maximum absolute atomic E-state index is 11.7. The van der Waals surface area contributed by atoms with Gasteiger partial charge in [-0.3, -0.25) is 14.9 Å². The number of para-hydroxylation sites is 1. The van der Waals surface area contributed by atoms with Crippen LogP contribution in [0.1, 0.15) is 16.8 Å². The fraction of sp³-hybridized carbons (Fsp3) is 0.300. The van der Waals surface area contributed by atoms with Crippen LogP contribution in [0.2, 0.25) is 0 Å². The first-order valence-corrected chi connectivity index (χ1v) is 5.09. The normalized spacial score (nSPS) is 9.94. The van der Waals surface area contributed by atoms with Gasteiger partial charge in [0.1, 0.15) is 5.69 Å². The molecule has 0 bridgehead atoms. The molecule has 0 aliphatic carbocycles. The van der Waals surface area contributed by atoms with Crippen LogP contribution in [0.3, 0.4) is 0 Å². The Balaban J connectivity index is 2.87. The Morgan fingerprint density at radius 2 is 2.18 bits per heavy atom. The molecule has 0 unspecified atom stereocenters. The third-order valence-corrected chi connectivity index (χ3v) is 2.19. The zero-order valence-corrected chi connectivity index (χ0v) is 9.18. The van der Waals surface area contributed by atoms with Gasteiger partial charge in [-0.1, -0.05) is 6.07 Å². The lowest BCUT2D eigenvalue weighted by molar-refractivity contribution is -0.383. The number of rotatable bonds is 5. The van der Waals surface area contributed by atoms with Crippen molar-refractivity contribution in [3.63, 3.8) is 0 Å². The number of carbonyl (C=O) groups is 1. The van der Waals surface area contributed by atoms with Crippen LogP contribution in [0.5, 0.6) is 0 Å². The van der Waals surface area contributed by atoms with Gasteiger partial charge in [-0.25, -0.2) is 0 Å². The van der Waals surface area contributed by atoms with Gasteiger partial charge in [-0.2, -0.15) is 0 Å². The summed E-state index contributed by atoms with van der Waals surface area (Å²) in [5.74, 6) is -0.431. The van der Waals surface area contributed by atoms with Crippen molar-refractivity contribution in [2.75, 3.05) is 18.8 Å². The predicted octanol–water partition coefficient (Wildman–Crippen LogP) is 0.256. The highest BCUT2D eigenvalue weighted by atomic mass is 16.6. The van der Waals surface area contributed by atoms with E-state index in [-0.39, 0.29) is 16.9 Å². The quantitative estimate of drug-likeness (QED) is 0.293. The van der Waals surface area contributed by atoms with Crippen LogP contribution in [0, 0.1) is 10.1 Å². The van der Waals surface area contributed by atoms with E-state index in [1.165, 1.54) is 18.2 Å². The van der Waals surface area contributed by atoms with E-state index < -0.39 is 10.8 Å². The first-order valence-electron chi connectivity index (χ1n) is 5.09. The van der Waals surface area contributed by atoms with Gasteiger partial charge in [0.15, 0.2) is 0 Å². The molecule has 7 heteroatoms. The Bertz CT molecular complexity index is 434. The number of carbonyl (C=O) groups excluding carboxylic acids is 1. The Hall–Kier alpha value is -2.15. The second kappa shape index (κ2) is 5.80. The molecule has 5 N–H and O–H groups in total. The maximum Gasteiger partial charge on any atom is 0.292 e. The molecule has 0 atom stereocenters. The molecule has 0 saturated carbocycles. The average molecular weight is 238 g/mol. The Labute approximate surface area is 97.9 Å². The molecule has 92 valence electrons. The van der Waals surface area contributed by atoms with E-state index in [4.69, 9.17) is 11.5 Å². The summed E-state index contributed by atoms with van der Waals surface area (Å²) in [5, 5.41) is 13.2. The molecular formula is C10H14N4O3. The molecule has 0 aliphatic rings. The summed E-state index contributed by atoms with van der Waals surface area (Å²) in [6.45, 7) is 0.877. The fourth-order valence-electron chi connectivity index (χ4n) is 1.31. The number of nitro groups is 1. The molecule has 7 nitrogen and oxygen atoms in total. The van der Waals surface area contributed by atoms with Gasteiger partial charge in [-0.05, 0) is 19.0 Å². The third kappa shape index (κ3) is 3.15. The standard InChI is InChI=1S/C10H14N4O3/c11-5-2-6-13-10(15)7-3-1-4-8(9(7)12)14(16)17/h1,3-4H,2,5-6,11-12H2,(H,13,15). The summed E-state index contributed by atoms with van der Waals surface area (Å²) in [6.07, 6.45) is 0.639. The van der Waals surface area contributed by atoms with E-state index >= 15 is 0 Å². The molecule has 0 heterocycles. The number of benzene rings is 1. The highest BCUT2D eigenvalue weighted by Crippen LogP contribution is 2.24. The van der Waals surface area contributed by atoms with E-state index in [2.05, 4.69) is 5.32 Å². The van der Waals surface area contributed by atoms with E-state index in [0.29, 0.717) is 19.5 Å². The monoisotopic (exact) mass is 238 g/mol. The molecular weight excluding hydrogens is 224 g/mol. The van der Waals surface area contributed by atoms with Gasteiger partial charge in [0.25, 0.3) is 11.6 Å². The summed E-state index contributed by atoms with van der Waals surface area (Å²) in [5.41, 5.74) is 10.6. The Morgan fingerprint density at radius 3 is 2.76 bits per heavy atom. The summed E-state index contributed by atoms with van der Waals surface area (Å²) < 4.78 is 0. The Morgan fingerprint density at radius 1 is 1.47 bits per heavy atom. The Kier molecular flexibility index (Phi) is 4.41. The number of nitrogens with one attached hydrogen (secondary N) is 1. The predicted molar refractivity (Wildman–Crippen MR) is 63.5 cm³/mol. The minimum Gasteiger partial charge on any atom is -0.393 e. The van der Waals surface area contributed by atoms with Crippen molar-refractivity contribution in [2.24, 2.45) is 5.73 Å². The number of nitrogens with zero attached hydrogens (tertiary/aromatic N) is 1. The second-order valence-electron chi connectivity index (χ2n) is 3.39. The minimum atomic E-state index is -0.619. The van der Waals surface area contributed by atoms with Crippen molar-refractivity contribution in [1.29, 1.82) is 0 Å². The molecule has 1 aromatic carbocycles. The largest absolute Gasteiger partial charge is 0.393 e. The molecule has 0 fully saturated rings. The molecule has 17 heavy (non-hydrogen) atoms. The molecule has 0 saturated heterocycles. The summed E-state index contributed by atoms with van der Waals surface area (Å²) >= 11 is 0. The summed E-state index contributed by atoms with van der Waals surface area (Å²) in [6, 6.07) is 4.12. The maximum atomic E-state index is 11.7. The second-order valence-corrected chi connectivity index (χ2v) is 3.39. The van der Waals surface area contributed by atoms with Gasteiger partial charge in [0.2, 0.25) is 0 Å². The highest BCUT2D eigenvalue weighted by Gasteiger charge is 2.18. The molecule has 0 radical (unpaired) electrons. The van der Waals surface area contributed by atoms with Crippen LogP contribution < -0.4 is 16.8 Å². The first kappa shape index (κ1) is 12.9. The summed E-state index contributed by atoms with van der Waals surface area (Å²) in [4.78, 5) is 21.7.